The second-order valence-electron chi connectivity index (χ2n) is 7.05. The van der Waals surface area contributed by atoms with Crippen LogP contribution in [0.1, 0.15) is 6.92 Å². The van der Waals surface area contributed by atoms with Crippen LogP contribution >= 0.6 is 11.8 Å². The highest BCUT2D eigenvalue weighted by Gasteiger charge is 2.24. The number of hydrogen-bond donors (Lipinski definition) is 0. The average Bonchev–Trinajstić information content (AvgIpc) is 3.26. The van der Waals surface area contributed by atoms with Gasteiger partial charge in [-0.05, 0) is 43.3 Å². The number of thioether (sulfide) groups is 1. The topological polar surface area (TPSA) is 102 Å². The third-order valence-corrected chi connectivity index (χ3v) is 5.99. The summed E-state index contributed by atoms with van der Waals surface area (Å²) < 4.78 is 11.9. The van der Waals surface area contributed by atoms with Crippen molar-refractivity contribution in [3.05, 3.63) is 36.4 Å². The van der Waals surface area contributed by atoms with Gasteiger partial charge >= 0.3 is 6.09 Å². The van der Waals surface area contributed by atoms with Gasteiger partial charge in [0.2, 0.25) is 5.91 Å². The number of ether oxygens (including phenoxy) is 2. The molecule has 0 bridgehead atoms. The molecule has 4 rings (SSSR count). The number of fused-ring (bicyclic) bond motifs is 1. The number of benzene rings is 1. The van der Waals surface area contributed by atoms with Crippen molar-refractivity contribution in [3.8, 4) is 17.1 Å². The quantitative estimate of drug-likeness (QED) is 0.520. The molecule has 0 atom stereocenters. The predicted octanol–water partition coefficient (Wildman–Crippen LogP) is 2.19. The van der Waals surface area contributed by atoms with E-state index in [2.05, 4.69) is 15.3 Å². The third-order valence-electron chi connectivity index (χ3n) is 5.09. The molecule has 3 aromatic rings. The Morgan fingerprint density at radius 3 is 2.41 bits per heavy atom. The van der Waals surface area contributed by atoms with Crippen molar-refractivity contribution in [1.82, 2.24) is 29.6 Å². The van der Waals surface area contributed by atoms with Gasteiger partial charge in [-0.2, -0.15) is 9.61 Å². The molecule has 3 heterocycles. The lowest BCUT2D eigenvalue weighted by molar-refractivity contribution is -0.129. The first-order chi connectivity index (χ1) is 15.6. The molecule has 0 aliphatic carbocycles. The highest BCUT2D eigenvalue weighted by molar-refractivity contribution is 7.99. The van der Waals surface area contributed by atoms with Gasteiger partial charge in [-0.1, -0.05) is 11.8 Å². The summed E-state index contributed by atoms with van der Waals surface area (Å²) in [7, 11) is 1.62. The molecule has 0 unspecified atom stereocenters. The van der Waals surface area contributed by atoms with Crippen molar-refractivity contribution in [1.29, 1.82) is 0 Å². The first-order valence-electron chi connectivity index (χ1n) is 10.3. The van der Waals surface area contributed by atoms with Crippen LogP contribution in [0.5, 0.6) is 5.75 Å². The fraction of sp³-hybridized carbons (Fsp3) is 0.381. The Hall–Kier alpha value is -3.34. The van der Waals surface area contributed by atoms with E-state index in [1.165, 1.54) is 11.8 Å². The smallest absolute Gasteiger partial charge is 0.409 e. The number of aromatic nitrogens is 4. The molecule has 11 heteroatoms. The summed E-state index contributed by atoms with van der Waals surface area (Å²) in [5, 5.41) is 13.7. The number of rotatable bonds is 6. The van der Waals surface area contributed by atoms with Crippen molar-refractivity contribution in [2.24, 2.45) is 0 Å². The van der Waals surface area contributed by atoms with Crippen molar-refractivity contribution in [2.45, 2.75) is 11.9 Å². The Bertz CT molecular complexity index is 1100. The number of carbonyl (C=O) groups is 2. The summed E-state index contributed by atoms with van der Waals surface area (Å²) in [4.78, 5) is 27.8. The Morgan fingerprint density at radius 1 is 1.00 bits per heavy atom. The zero-order valence-electron chi connectivity index (χ0n) is 17.9. The van der Waals surface area contributed by atoms with Gasteiger partial charge in [-0.25, -0.2) is 4.79 Å². The Balaban J connectivity index is 1.38. The van der Waals surface area contributed by atoms with Crippen LogP contribution in [-0.2, 0) is 9.53 Å². The molecule has 2 amide bonds. The van der Waals surface area contributed by atoms with E-state index in [0.717, 1.165) is 11.3 Å². The average molecular weight is 457 g/mol. The Labute approximate surface area is 189 Å². The van der Waals surface area contributed by atoms with Gasteiger partial charge in [0.05, 0.1) is 19.5 Å². The minimum Gasteiger partial charge on any atom is -0.497 e. The molecule has 168 valence electrons. The van der Waals surface area contributed by atoms with Crippen molar-refractivity contribution in [2.75, 3.05) is 45.6 Å². The lowest BCUT2D eigenvalue weighted by atomic mass is 10.2. The van der Waals surface area contributed by atoms with E-state index in [1.807, 2.05) is 36.4 Å². The Morgan fingerprint density at radius 2 is 1.72 bits per heavy atom. The molecule has 1 aromatic carbocycles. The monoisotopic (exact) mass is 456 g/mol. The maximum Gasteiger partial charge on any atom is 0.409 e. The van der Waals surface area contributed by atoms with Gasteiger partial charge in [-0.15, -0.1) is 10.2 Å². The van der Waals surface area contributed by atoms with Crippen molar-refractivity contribution in [3.63, 3.8) is 0 Å². The predicted molar refractivity (Wildman–Crippen MR) is 119 cm³/mol. The first-order valence-corrected chi connectivity index (χ1v) is 11.3. The van der Waals surface area contributed by atoms with Crippen LogP contribution in [0.3, 0.4) is 0 Å². The minimum atomic E-state index is -0.326. The maximum absolute atomic E-state index is 12.6. The fourth-order valence-corrected chi connectivity index (χ4v) is 4.11. The summed E-state index contributed by atoms with van der Waals surface area (Å²) in [6, 6.07) is 11.2. The molecule has 32 heavy (non-hydrogen) atoms. The molecule has 1 saturated heterocycles. The number of methoxy groups -OCH3 is 1. The molecule has 1 fully saturated rings. The van der Waals surface area contributed by atoms with Crippen LogP contribution < -0.4 is 4.74 Å². The number of carbonyl (C=O) groups excluding carboxylic acids is 2. The molecule has 0 spiro atoms. The number of amides is 2. The highest BCUT2D eigenvalue weighted by Crippen LogP contribution is 2.23. The van der Waals surface area contributed by atoms with Crippen LogP contribution in [0.25, 0.3) is 17.0 Å². The lowest BCUT2D eigenvalue weighted by Crippen LogP contribution is -2.51. The first kappa shape index (κ1) is 21.9. The number of hydrogen-bond acceptors (Lipinski definition) is 8. The minimum absolute atomic E-state index is 0.0135. The second-order valence-corrected chi connectivity index (χ2v) is 8.04. The summed E-state index contributed by atoms with van der Waals surface area (Å²) in [5.41, 5.74) is 1.49. The molecular weight excluding hydrogens is 432 g/mol. The van der Waals surface area contributed by atoms with E-state index in [0.29, 0.717) is 49.3 Å². The standard InChI is InChI=1S/C21H24N6O4S/c1-3-31-21(29)26-12-10-25(11-13-26)19(28)14-32-18-9-8-17-22-23-20(27(17)24-18)15-4-6-16(30-2)7-5-15/h4-9H,3,10-14H2,1-2H3. The van der Waals surface area contributed by atoms with Crippen molar-refractivity contribution < 1.29 is 19.1 Å². The van der Waals surface area contributed by atoms with Crippen LogP contribution in [0, 0.1) is 0 Å². The SMILES string of the molecule is CCOC(=O)N1CCN(C(=O)CSc2ccc3nnc(-c4ccc(OC)cc4)n3n2)CC1. The van der Waals surface area contributed by atoms with Gasteiger partial charge in [-0.3, -0.25) is 4.79 Å². The summed E-state index contributed by atoms with van der Waals surface area (Å²) in [5.74, 6) is 1.65. The van der Waals surface area contributed by atoms with E-state index >= 15 is 0 Å². The van der Waals surface area contributed by atoms with Crippen LogP contribution in [0.2, 0.25) is 0 Å². The van der Waals surface area contributed by atoms with E-state index < -0.39 is 0 Å². The molecule has 0 saturated carbocycles. The lowest BCUT2D eigenvalue weighted by Gasteiger charge is -2.34. The third kappa shape index (κ3) is 4.77. The van der Waals surface area contributed by atoms with Crippen LogP contribution in [0.15, 0.2) is 41.4 Å². The number of piperazine rings is 1. The van der Waals surface area contributed by atoms with Gasteiger partial charge in [0.25, 0.3) is 0 Å². The van der Waals surface area contributed by atoms with Gasteiger partial charge in [0.15, 0.2) is 11.5 Å². The molecule has 1 aliphatic heterocycles. The molecule has 0 N–H and O–H groups in total. The van der Waals surface area contributed by atoms with Gasteiger partial charge in [0.1, 0.15) is 10.8 Å². The zero-order chi connectivity index (χ0) is 22.5. The van der Waals surface area contributed by atoms with Crippen LogP contribution in [0.4, 0.5) is 4.79 Å². The molecular formula is C21H24N6O4S. The van der Waals surface area contributed by atoms with E-state index in [-0.39, 0.29) is 17.8 Å². The molecule has 1 aliphatic rings. The van der Waals surface area contributed by atoms with E-state index in [9.17, 15) is 9.59 Å². The molecule has 0 radical (unpaired) electrons. The number of nitrogens with zero attached hydrogens (tertiary/aromatic N) is 6. The van der Waals surface area contributed by atoms with Crippen LogP contribution in [-0.4, -0.2) is 87.3 Å². The Kier molecular flexibility index (Phi) is 6.74. The summed E-state index contributed by atoms with van der Waals surface area (Å²) in [6.07, 6.45) is -0.326. The fourth-order valence-electron chi connectivity index (χ4n) is 3.35. The van der Waals surface area contributed by atoms with Crippen molar-refractivity contribution >= 4 is 29.4 Å². The van der Waals surface area contributed by atoms with Gasteiger partial charge in [0, 0.05) is 31.7 Å². The highest BCUT2D eigenvalue weighted by atomic mass is 32.2. The zero-order valence-corrected chi connectivity index (χ0v) is 18.7. The van der Waals surface area contributed by atoms with E-state index in [1.54, 1.807) is 28.3 Å². The second kappa shape index (κ2) is 9.86. The van der Waals surface area contributed by atoms with E-state index in [4.69, 9.17) is 9.47 Å². The summed E-state index contributed by atoms with van der Waals surface area (Å²) >= 11 is 1.36. The largest absolute Gasteiger partial charge is 0.497 e. The summed E-state index contributed by atoms with van der Waals surface area (Å²) in [6.45, 7) is 4.07. The normalized spacial score (nSPS) is 13.9. The van der Waals surface area contributed by atoms with Gasteiger partial charge < -0.3 is 19.3 Å². The maximum atomic E-state index is 12.6. The molecule has 2 aromatic heterocycles. The molecule has 10 nitrogen and oxygen atoms in total.